The number of aromatic nitrogens is 3. The highest BCUT2D eigenvalue weighted by atomic mass is 35.5. The van der Waals surface area contributed by atoms with E-state index < -0.39 is 0 Å². The lowest BCUT2D eigenvalue weighted by molar-refractivity contribution is -0.127. The molecular weight excluding hydrogens is 282 g/mol. The highest BCUT2D eigenvalue weighted by molar-refractivity contribution is 6.28. The van der Waals surface area contributed by atoms with Crippen molar-refractivity contribution in [2.75, 3.05) is 38.7 Å². The molecule has 0 N–H and O–H groups in total. The molecule has 1 rings (SSSR count). The van der Waals surface area contributed by atoms with Gasteiger partial charge in [0, 0.05) is 20.6 Å². The van der Waals surface area contributed by atoms with Gasteiger partial charge in [-0.3, -0.25) is 4.79 Å². The molecule has 0 fully saturated rings. The zero-order valence-corrected chi connectivity index (χ0v) is 13.0. The maximum Gasteiger partial charge on any atom is 0.322 e. The normalized spacial score (nSPS) is 10.2. The van der Waals surface area contributed by atoms with Gasteiger partial charge in [-0.2, -0.15) is 15.0 Å². The molecule has 1 amide bonds. The van der Waals surface area contributed by atoms with Crippen LogP contribution in [0.4, 0.5) is 5.95 Å². The Morgan fingerprint density at radius 3 is 2.50 bits per heavy atom. The number of anilines is 1. The minimum Gasteiger partial charge on any atom is -0.464 e. The van der Waals surface area contributed by atoms with Gasteiger partial charge in [-0.1, -0.05) is 6.92 Å². The third kappa shape index (κ3) is 4.80. The summed E-state index contributed by atoms with van der Waals surface area (Å²) in [6.45, 7) is 5.11. The minimum absolute atomic E-state index is 0.0343. The zero-order chi connectivity index (χ0) is 15.1. The summed E-state index contributed by atoms with van der Waals surface area (Å²) in [5, 5.41) is 0.0526. The molecule has 7 nitrogen and oxygen atoms in total. The quantitative estimate of drug-likeness (QED) is 0.754. The summed E-state index contributed by atoms with van der Waals surface area (Å²) in [6.07, 6.45) is 0.855. The molecule has 1 aromatic rings. The number of rotatable bonds is 7. The molecule has 0 bridgehead atoms. The molecule has 0 aliphatic rings. The molecule has 112 valence electrons. The molecule has 1 heterocycles. The van der Waals surface area contributed by atoms with Gasteiger partial charge in [-0.05, 0) is 24.9 Å². The Labute approximate surface area is 123 Å². The van der Waals surface area contributed by atoms with E-state index in [0.29, 0.717) is 19.1 Å². The summed E-state index contributed by atoms with van der Waals surface area (Å²) < 4.78 is 5.24. The van der Waals surface area contributed by atoms with Gasteiger partial charge in [0.2, 0.25) is 17.1 Å². The Morgan fingerprint density at radius 2 is 1.95 bits per heavy atom. The van der Waals surface area contributed by atoms with E-state index in [1.807, 2.05) is 13.8 Å². The van der Waals surface area contributed by atoms with Crippen molar-refractivity contribution < 1.29 is 9.53 Å². The maximum atomic E-state index is 11.8. The van der Waals surface area contributed by atoms with Crippen LogP contribution in [0.2, 0.25) is 5.28 Å². The van der Waals surface area contributed by atoms with Crippen LogP contribution in [0, 0.1) is 0 Å². The Bertz CT molecular complexity index is 455. The van der Waals surface area contributed by atoms with Crippen molar-refractivity contribution in [3.8, 4) is 6.01 Å². The van der Waals surface area contributed by atoms with E-state index in [1.54, 1.807) is 19.0 Å². The van der Waals surface area contributed by atoms with Crippen LogP contribution < -0.4 is 9.64 Å². The number of likely N-dealkylation sites (N-methyl/N-ethyl adjacent to an activating group) is 1. The predicted octanol–water partition coefficient (Wildman–Crippen LogP) is 1.23. The van der Waals surface area contributed by atoms with Gasteiger partial charge in [-0.15, -0.1) is 0 Å². The van der Waals surface area contributed by atoms with E-state index in [0.717, 1.165) is 6.42 Å². The molecule has 0 aliphatic heterocycles. The largest absolute Gasteiger partial charge is 0.464 e. The Balaban J connectivity index is 2.98. The Morgan fingerprint density at radius 1 is 1.25 bits per heavy atom. The minimum atomic E-state index is -0.0343. The van der Waals surface area contributed by atoms with Crippen molar-refractivity contribution in [1.29, 1.82) is 0 Å². The average Bonchev–Trinajstić information content (AvgIpc) is 2.37. The van der Waals surface area contributed by atoms with Crippen molar-refractivity contribution in [1.82, 2.24) is 19.9 Å². The van der Waals surface area contributed by atoms with Crippen LogP contribution in [0.15, 0.2) is 0 Å². The van der Waals surface area contributed by atoms with Crippen LogP contribution in [0.1, 0.15) is 20.3 Å². The van der Waals surface area contributed by atoms with Crippen LogP contribution in [0.5, 0.6) is 6.01 Å². The van der Waals surface area contributed by atoms with Crippen LogP contribution in [0.25, 0.3) is 0 Å². The van der Waals surface area contributed by atoms with E-state index >= 15 is 0 Å². The molecule has 0 unspecified atom stereocenters. The molecule has 0 saturated carbocycles. The smallest absolute Gasteiger partial charge is 0.322 e. The average molecular weight is 302 g/mol. The van der Waals surface area contributed by atoms with Crippen LogP contribution in [-0.2, 0) is 4.79 Å². The van der Waals surface area contributed by atoms with Crippen molar-refractivity contribution in [3.05, 3.63) is 5.28 Å². The lowest BCUT2D eigenvalue weighted by atomic mass is 10.4. The van der Waals surface area contributed by atoms with Crippen molar-refractivity contribution in [2.24, 2.45) is 0 Å². The van der Waals surface area contributed by atoms with Gasteiger partial charge in [-0.25, -0.2) is 0 Å². The van der Waals surface area contributed by atoms with Gasteiger partial charge < -0.3 is 14.5 Å². The van der Waals surface area contributed by atoms with Crippen LogP contribution in [-0.4, -0.2) is 59.6 Å². The third-order valence-electron chi connectivity index (χ3n) is 2.45. The molecule has 0 aromatic carbocycles. The molecule has 1 aromatic heterocycles. The number of halogens is 1. The van der Waals surface area contributed by atoms with E-state index in [1.165, 1.54) is 4.90 Å². The second kappa shape index (κ2) is 7.84. The lowest BCUT2D eigenvalue weighted by Crippen LogP contribution is -2.38. The molecule has 0 aliphatic carbocycles. The highest BCUT2D eigenvalue weighted by Gasteiger charge is 2.17. The second-order valence-corrected chi connectivity index (χ2v) is 4.67. The van der Waals surface area contributed by atoms with Gasteiger partial charge in [0.25, 0.3) is 0 Å². The lowest BCUT2D eigenvalue weighted by Gasteiger charge is -2.23. The SMILES string of the molecule is CCCN(CC(=O)N(C)C)c1nc(Cl)nc(OCC)n1. The fourth-order valence-electron chi connectivity index (χ4n) is 1.48. The molecule has 0 spiro atoms. The first-order valence-electron chi connectivity index (χ1n) is 6.47. The summed E-state index contributed by atoms with van der Waals surface area (Å²) in [5.74, 6) is 0.318. The van der Waals surface area contributed by atoms with Crippen LogP contribution >= 0.6 is 11.6 Å². The first-order chi connectivity index (χ1) is 9.47. The highest BCUT2D eigenvalue weighted by Crippen LogP contribution is 2.15. The van der Waals surface area contributed by atoms with Gasteiger partial charge >= 0.3 is 6.01 Å². The molecule has 0 saturated heterocycles. The van der Waals surface area contributed by atoms with Gasteiger partial charge in [0.05, 0.1) is 13.2 Å². The number of carbonyl (C=O) groups is 1. The number of nitrogens with zero attached hydrogens (tertiary/aromatic N) is 5. The molecule has 8 heteroatoms. The second-order valence-electron chi connectivity index (χ2n) is 4.33. The van der Waals surface area contributed by atoms with Crippen molar-refractivity contribution >= 4 is 23.5 Å². The van der Waals surface area contributed by atoms with Crippen LogP contribution in [0.3, 0.4) is 0 Å². The van der Waals surface area contributed by atoms with Gasteiger partial charge in [0.1, 0.15) is 0 Å². The monoisotopic (exact) mass is 301 g/mol. The van der Waals surface area contributed by atoms with E-state index in [9.17, 15) is 4.79 Å². The zero-order valence-electron chi connectivity index (χ0n) is 12.3. The standard InChI is InChI=1S/C12H20ClN5O2/c1-5-7-18(8-9(19)17(3)4)11-14-10(13)15-12(16-11)20-6-2/h5-8H2,1-4H3. The summed E-state index contributed by atoms with van der Waals surface area (Å²) in [6, 6.07) is 0.168. The number of hydrogen-bond donors (Lipinski definition) is 0. The number of carbonyl (C=O) groups excluding carboxylic acids is 1. The number of ether oxygens (including phenoxy) is 1. The van der Waals surface area contributed by atoms with Gasteiger partial charge in [0.15, 0.2) is 0 Å². The molecular formula is C12H20ClN5O2. The number of hydrogen-bond acceptors (Lipinski definition) is 6. The fraction of sp³-hybridized carbons (Fsp3) is 0.667. The van der Waals surface area contributed by atoms with E-state index in [2.05, 4.69) is 15.0 Å². The Hall–Kier alpha value is -1.63. The maximum absolute atomic E-state index is 11.8. The van der Waals surface area contributed by atoms with E-state index in [-0.39, 0.29) is 23.7 Å². The summed E-state index contributed by atoms with van der Waals surface area (Å²) >= 11 is 5.86. The summed E-state index contributed by atoms with van der Waals surface area (Å²) in [4.78, 5) is 27.3. The fourth-order valence-corrected chi connectivity index (χ4v) is 1.63. The Kier molecular flexibility index (Phi) is 6.44. The molecule has 0 atom stereocenters. The predicted molar refractivity (Wildman–Crippen MR) is 77.2 cm³/mol. The van der Waals surface area contributed by atoms with E-state index in [4.69, 9.17) is 16.3 Å². The molecule has 20 heavy (non-hydrogen) atoms. The summed E-state index contributed by atoms with van der Waals surface area (Å²) in [7, 11) is 3.41. The summed E-state index contributed by atoms with van der Waals surface area (Å²) in [5.41, 5.74) is 0. The topological polar surface area (TPSA) is 71.5 Å². The first-order valence-corrected chi connectivity index (χ1v) is 6.85. The third-order valence-corrected chi connectivity index (χ3v) is 2.62. The number of amides is 1. The van der Waals surface area contributed by atoms with Crippen molar-refractivity contribution in [2.45, 2.75) is 20.3 Å². The molecule has 0 radical (unpaired) electrons. The first kappa shape index (κ1) is 16.4. The van der Waals surface area contributed by atoms with Crippen molar-refractivity contribution in [3.63, 3.8) is 0 Å².